The van der Waals surface area contributed by atoms with E-state index in [0.29, 0.717) is 17.4 Å². The molecule has 1 atom stereocenters. The Bertz CT molecular complexity index is 459. The van der Waals surface area contributed by atoms with Crippen LogP contribution in [-0.4, -0.2) is 6.61 Å². The van der Waals surface area contributed by atoms with Gasteiger partial charge in [-0.15, -0.1) is 0 Å². The average molecular weight is 253 g/mol. The van der Waals surface area contributed by atoms with Gasteiger partial charge in [-0.05, 0) is 30.3 Å². The summed E-state index contributed by atoms with van der Waals surface area (Å²) >= 11 is 5.85. The summed E-state index contributed by atoms with van der Waals surface area (Å²) in [5, 5.41) is 0.637. The number of furan rings is 1. The van der Waals surface area contributed by atoms with Crippen LogP contribution in [0.3, 0.4) is 0 Å². The Balaban J connectivity index is 1.97. The molecule has 0 saturated carbocycles. The normalized spacial score (nSPS) is 12.4. The smallest absolute Gasteiger partial charge is 0.125 e. The number of halogens is 1. The molecule has 0 amide bonds. The highest BCUT2D eigenvalue weighted by Crippen LogP contribution is 2.19. The Morgan fingerprint density at radius 3 is 2.88 bits per heavy atom. The SMILES string of the molecule is NNC(COc1cccc(Cl)c1)c1ccco1. The van der Waals surface area contributed by atoms with Crippen LogP contribution in [0.15, 0.2) is 47.1 Å². The summed E-state index contributed by atoms with van der Waals surface area (Å²) in [6.45, 7) is 0.365. The fraction of sp³-hybridized carbons (Fsp3) is 0.167. The summed E-state index contributed by atoms with van der Waals surface area (Å²) in [7, 11) is 0. The first-order valence-electron chi connectivity index (χ1n) is 5.17. The molecule has 5 heteroatoms. The van der Waals surface area contributed by atoms with E-state index in [0.717, 1.165) is 5.76 Å². The van der Waals surface area contributed by atoms with E-state index in [4.69, 9.17) is 26.6 Å². The van der Waals surface area contributed by atoms with Crippen molar-refractivity contribution in [2.75, 3.05) is 6.61 Å². The molecule has 1 aromatic heterocycles. The van der Waals surface area contributed by atoms with Gasteiger partial charge in [0.1, 0.15) is 24.2 Å². The lowest BCUT2D eigenvalue weighted by atomic mass is 10.2. The van der Waals surface area contributed by atoms with Crippen LogP contribution in [0.2, 0.25) is 5.02 Å². The van der Waals surface area contributed by atoms with Crippen LogP contribution in [0.5, 0.6) is 5.75 Å². The molecular weight excluding hydrogens is 240 g/mol. The second-order valence-corrected chi connectivity index (χ2v) is 3.94. The summed E-state index contributed by atoms with van der Waals surface area (Å²) in [5.41, 5.74) is 2.64. The quantitative estimate of drug-likeness (QED) is 0.634. The van der Waals surface area contributed by atoms with Gasteiger partial charge in [-0.2, -0.15) is 0 Å². The first-order valence-corrected chi connectivity index (χ1v) is 5.55. The first-order chi connectivity index (χ1) is 8.29. The Hall–Kier alpha value is -1.49. The molecule has 0 aliphatic heterocycles. The standard InChI is InChI=1S/C12H13ClN2O2/c13-9-3-1-4-10(7-9)17-8-11(15-14)12-5-2-6-16-12/h1-7,11,15H,8,14H2. The number of hydrazine groups is 1. The second-order valence-electron chi connectivity index (χ2n) is 3.50. The summed E-state index contributed by atoms with van der Waals surface area (Å²) in [6, 6.07) is 10.7. The van der Waals surface area contributed by atoms with Crippen molar-refractivity contribution in [2.24, 2.45) is 5.84 Å². The zero-order valence-electron chi connectivity index (χ0n) is 9.10. The Morgan fingerprint density at radius 2 is 2.24 bits per heavy atom. The van der Waals surface area contributed by atoms with E-state index in [2.05, 4.69) is 5.43 Å². The number of benzene rings is 1. The molecule has 0 aliphatic rings. The lowest BCUT2D eigenvalue weighted by molar-refractivity contribution is 0.247. The number of hydrogen-bond donors (Lipinski definition) is 2. The first kappa shape index (κ1) is 12.0. The highest BCUT2D eigenvalue weighted by molar-refractivity contribution is 6.30. The summed E-state index contributed by atoms with van der Waals surface area (Å²) in [4.78, 5) is 0. The lowest BCUT2D eigenvalue weighted by Gasteiger charge is -2.14. The van der Waals surface area contributed by atoms with Gasteiger partial charge in [-0.1, -0.05) is 17.7 Å². The fourth-order valence-electron chi connectivity index (χ4n) is 1.44. The molecule has 0 radical (unpaired) electrons. The van der Waals surface area contributed by atoms with E-state index >= 15 is 0 Å². The van der Waals surface area contributed by atoms with Crippen LogP contribution in [0.25, 0.3) is 0 Å². The maximum Gasteiger partial charge on any atom is 0.125 e. The van der Waals surface area contributed by atoms with Gasteiger partial charge in [-0.3, -0.25) is 5.84 Å². The van der Waals surface area contributed by atoms with E-state index < -0.39 is 0 Å². The maximum atomic E-state index is 5.85. The van der Waals surface area contributed by atoms with Gasteiger partial charge in [0.05, 0.1) is 6.26 Å². The van der Waals surface area contributed by atoms with E-state index in [1.165, 1.54) is 0 Å². The zero-order chi connectivity index (χ0) is 12.1. The molecule has 0 spiro atoms. The van der Waals surface area contributed by atoms with Gasteiger partial charge >= 0.3 is 0 Å². The molecule has 3 N–H and O–H groups in total. The van der Waals surface area contributed by atoms with E-state index in [9.17, 15) is 0 Å². The van der Waals surface area contributed by atoms with Gasteiger partial charge in [0.15, 0.2) is 0 Å². The number of rotatable bonds is 5. The number of nitrogens with one attached hydrogen (secondary N) is 1. The molecule has 90 valence electrons. The summed E-state index contributed by atoms with van der Waals surface area (Å²) < 4.78 is 10.8. The van der Waals surface area contributed by atoms with Crippen LogP contribution in [0.1, 0.15) is 11.8 Å². The van der Waals surface area contributed by atoms with Crippen LogP contribution >= 0.6 is 11.6 Å². The minimum absolute atomic E-state index is 0.191. The molecule has 2 rings (SSSR count). The van der Waals surface area contributed by atoms with E-state index in [1.807, 2.05) is 18.2 Å². The van der Waals surface area contributed by atoms with Crippen molar-refractivity contribution in [3.63, 3.8) is 0 Å². The average Bonchev–Trinajstić information content (AvgIpc) is 2.84. The van der Waals surface area contributed by atoms with Gasteiger partial charge in [0.2, 0.25) is 0 Å². The molecule has 4 nitrogen and oxygen atoms in total. The third kappa shape index (κ3) is 3.23. The Kier molecular flexibility index (Phi) is 4.03. The van der Waals surface area contributed by atoms with Gasteiger partial charge < -0.3 is 9.15 Å². The van der Waals surface area contributed by atoms with Crippen molar-refractivity contribution < 1.29 is 9.15 Å². The fourth-order valence-corrected chi connectivity index (χ4v) is 1.62. The number of hydrogen-bond acceptors (Lipinski definition) is 4. The van der Waals surface area contributed by atoms with Crippen LogP contribution in [-0.2, 0) is 0 Å². The third-order valence-electron chi connectivity index (χ3n) is 2.30. The van der Waals surface area contributed by atoms with E-state index in [-0.39, 0.29) is 6.04 Å². The molecule has 0 bridgehead atoms. The molecule has 1 unspecified atom stereocenters. The highest BCUT2D eigenvalue weighted by Gasteiger charge is 2.13. The molecule has 0 aliphatic carbocycles. The largest absolute Gasteiger partial charge is 0.491 e. The van der Waals surface area contributed by atoms with Gasteiger partial charge in [0.25, 0.3) is 0 Å². The predicted octanol–water partition coefficient (Wildman–Crippen LogP) is 2.52. The Labute approximate surface area is 104 Å². The van der Waals surface area contributed by atoms with Crippen molar-refractivity contribution in [1.82, 2.24) is 5.43 Å². The number of ether oxygens (including phenoxy) is 1. The topological polar surface area (TPSA) is 60.4 Å². The van der Waals surface area contributed by atoms with Crippen molar-refractivity contribution in [3.8, 4) is 5.75 Å². The van der Waals surface area contributed by atoms with Crippen molar-refractivity contribution in [3.05, 3.63) is 53.4 Å². The monoisotopic (exact) mass is 252 g/mol. The number of nitrogens with two attached hydrogens (primary N) is 1. The van der Waals surface area contributed by atoms with Crippen LogP contribution in [0.4, 0.5) is 0 Å². The summed E-state index contributed by atoms with van der Waals surface area (Å²) in [5.74, 6) is 6.87. The molecule has 0 saturated heterocycles. The van der Waals surface area contributed by atoms with Crippen molar-refractivity contribution in [1.29, 1.82) is 0 Å². The molecule has 1 aromatic carbocycles. The molecule has 17 heavy (non-hydrogen) atoms. The predicted molar refractivity (Wildman–Crippen MR) is 65.7 cm³/mol. The molecule has 0 fully saturated rings. The lowest BCUT2D eigenvalue weighted by Crippen LogP contribution is -2.32. The second kappa shape index (κ2) is 5.72. The zero-order valence-corrected chi connectivity index (χ0v) is 9.85. The Morgan fingerprint density at radius 1 is 1.35 bits per heavy atom. The highest BCUT2D eigenvalue weighted by atomic mass is 35.5. The molecule has 2 aromatic rings. The third-order valence-corrected chi connectivity index (χ3v) is 2.54. The van der Waals surface area contributed by atoms with Crippen LogP contribution < -0.4 is 16.0 Å². The van der Waals surface area contributed by atoms with E-state index in [1.54, 1.807) is 24.5 Å². The van der Waals surface area contributed by atoms with Crippen molar-refractivity contribution >= 4 is 11.6 Å². The van der Waals surface area contributed by atoms with Gasteiger partial charge in [-0.25, -0.2) is 5.43 Å². The molecule has 1 heterocycles. The van der Waals surface area contributed by atoms with Crippen molar-refractivity contribution in [2.45, 2.75) is 6.04 Å². The maximum absolute atomic E-state index is 5.85. The molecular formula is C12H13ClN2O2. The summed E-state index contributed by atoms with van der Waals surface area (Å²) in [6.07, 6.45) is 1.60. The van der Waals surface area contributed by atoms with Crippen LogP contribution in [0, 0.1) is 0 Å². The van der Waals surface area contributed by atoms with Gasteiger partial charge in [0, 0.05) is 5.02 Å². The minimum Gasteiger partial charge on any atom is -0.491 e. The minimum atomic E-state index is -0.191.